The molecule has 2 aromatic carbocycles. The van der Waals surface area contributed by atoms with Crippen molar-refractivity contribution in [2.24, 2.45) is 5.92 Å². The molecule has 2 atom stereocenters. The van der Waals surface area contributed by atoms with Gasteiger partial charge in [-0.05, 0) is 61.4 Å². The molecule has 230 valence electrons. The molecule has 3 heterocycles. The van der Waals surface area contributed by atoms with Gasteiger partial charge in [0, 0.05) is 37.3 Å². The average molecular weight is 591 g/mol. The summed E-state index contributed by atoms with van der Waals surface area (Å²) < 4.78 is 18.2. The van der Waals surface area contributed by atoms with Crippen LogP contribution in [0, 0.1) is 5.92 Å². The third-order valence-corrected chi connectivity index (χ3v) is 8.64. The van der Waals surface area contributed by atoms with Gasteiger partial charge in [0.1, 0.15) is 23.4 Å². The van der Waals surface area contributed by atoms with Crippen LogP contribution in [-0.2, 0) is 16.1 Å². The Hall–Kier alpha value is -3.79. The number of carbonyl (C=O) groups is 3. The third kappa shape index (κ3) is 8.40. The van der Waals surface area contributed by atoms with E-state index in [4.69, 9.17) is 14.2 Å². The van der Waals surface area contributed by atoms with Crippen molar-refractivity contribution in [2.45, 2.75) is 76.1 Å². The summed E-state index contributed by atoms with van der Waals surface area (Å²) >= 11 is 0. The normalized spacial score (nSPS) is 23.5. The van der Waals surface area contributed by atoms with Crippen LogP contribution in [0.15, 0.2) is 42.5 Å². The lowest BCUT2D eigenvalue weighted by Crippen LogP contribution is -2.45. The molecule has 2 aliphatic carbocycles. The van der Waals surface area contributed by atoms with Crippen molar-refractivity contribution >= 4 is 17.7 Å². The summed E-state index contributed by atoms with van der Waals surface area (Å²) in [4.78, 5) is 41.1. The maximum absolute atomic E-state index is 13.6. The Balaban J connectivity index is 1.19. The van der Waals surface area contributed by atoms with Crippen LogP contribution < -0.4 is 30.2 Å². The monoisotopic (exact) mass is 590 g/mol. The number of rotatable bonds is 6. The van der Waals surface area contributed by atoms with Crippen molar-refractivity contribution in [3.05, 3.63) is 53.6 Å². The number of carbonyl (C=O) groups excluding carboxylic acids is 3. The molecule has 7 rings (SSSR count). The highest BCUT2D eigenvalue weighted by Gasteiger charge is 2.37. The van der Waals surface area contributed by atoms with Gasteiger partial charge in [0.2, 0.25) is 5.91 Å². The maximum Gasteiger partial charge on any atom is 0.258 e. The molecule has 10 nitrogen and oxygen atoms in total. The van der Waals surface area contributed by atoms with Gasteiger partial charge in [-0.1, -0.05) is 37.8 Å². The van der Waals surface area contributed by atoms with Gasteiger partial charge < -0.3 is 30.2 Å². The maximum atomic E-state index is 13.6. The first-order valence-electron chi connectivity index (χ1n) is 15.7. The number of hydrogen-bond acceptors (Lipinski definition) is 7. The molecular formula is C33H42N4O6. The van der Waals surface area contributed by atoms with Gasteiger partial charge in [-0.15, -0.1) is 0 Å². The van der Waals surface area contributed by atoms with Gasteiger partial charge in [0.05, 0.1) is 19.2 Å². The number of nitrogens with one attached hydrogen (secondary N) is 3. The van der Waals surface area contributed by atoms with Crippen LogP contribution in [0.2, 0.25) is 0 Å². The van der Waals surface area contributed by atoms with E-state index in [0.717, 1.165) is 44.1 Å². The standard InChI is InChI=1S/C33H42N4O6/c38-31(35-25-5-3-1-2-4-6-25)19-37-17-29-30(18-37)43-26-11-9-22(10-12-26)16-34-32(39)21-42-28-14-24(33(40)36-29)13-27(15-28)41-20-23-7-8-23/h9-15,23,25,29-30H,1-8,16-21H2,(H,34,39)(H,35,38)(H,36,40)/t29-,30-/m0/s1. The van der Waals surface area contributed by atoms with E-state index in [1.807, 2.05) is 29.2 Å². The van der Waals surface area contributed by atoms with E-state index in [0.29, 0.717) is 55.0 Å². The van der Waals surface area contributed by atoms with Gasteiger partial charge in [-0.2, -0.15) is 0 Å². The van der Waals surface area contributed by atoms with Crippen molar-refractivity contribution in [3.63, 3.8) is 0 Å². The average Bonchev–Trinajstić information content (AvgIpc) is 3.80. The topological polar surface area (TPSA) is 118 Å². The first kappa shape index (κ1) is 29.3. The Labute approximate surface area is 252 Å². The molecule has 3 N–H and O–H groups in total. The summed E-state index contributed by atoms with van der Waals surface area (Å²) in [6.45, 7) is 1.99. The van der Waals surface area contributed by atoms with Crippen molar-refractivity contribution < 1.29 is 28.6 Å². The Morgan fingerprint density at radius 1 is 0.953 bits per heavy atom. The SMILES string of the molecule is O=C1COc2cc(OCC3CC3)cc(c2)C(=O)N[C@H]2CN(CC(=O)NC3CCCCCC3)C[C@@H]2Oc2ccc(cc2)CN1. The second-order valence-electron chi connectivity index (χ2n) is 12.3. The molecule has 0 spiro atoms. The highest BCUT2D eigenvalue weighted by Crippen LogP contribution is 2.31. The number of benzene rings is 2. The van der Waals surface area contributed by atoms with E-state index >= 15 is 0 Å². The van der Waals surface area contributed by atoms with Crippen LogP contribution >= 0.6 is 0 Å². The van der Waals surface area contributed by atoms with Gasteiger partial charge >= 0.3 is 0 Å². The fraction of sp³-hybridized carbons (Fsp3) is 0.545. The first-order chi connectivity index (χ1) is 21.0. The van der Waals surface area contributed by atoms with Gasteiger partial charge in [0.25, 0.3) is 11.8 Å². The van der Waals surface area contributed by atoms with Gasteiger partial charge in [-0.25, -0.2) is 0 Å². The van der Waals surface area contributed by atoms with E-state index in [-0.39, 0.29) is 49.1 Å². The van der Waals surface area contributed by atoms with Crippen LogP contribution in [0.4, 0.5) is 0 Å². The predicted octanol–water partition coefficient (Wildman–Crippen LogP) is 3.18. The molecule has 4 bridgehead atoms. The number of fused-ring (bicyclic) bond motifs is 7. The van der Waals surface area contributed by atoms with E-state index < -0.39 is 0 Å². The minimum Gasteiger partial charge on any atom is -0.493 e. The molecule has 2 saturated carbocycles. The van der Waals surface area contributed by atoms with E-state index in [2.05, 4.69) is 16.0 Å². The zero-order valence-electron chi connectivity index (χ0n) is 24.6. The Morgan fingerprint density at radius 2 is 1.74 bits per heavy atom. The number of hydrogen-bond donors (Lipinski definition) is 3. The molecule has 43 heavy (non-hydrogen) atoms. The van der Waals surface area contributed by atoms with Crippen LogP contribution in [0.3, 0.4) is 0 Å². The largest absolute Gasteiger partial charge is 0.493 e. The van der Waals surface area contributed by atoms with Crippen molar-refractivity contribution in [3.8, 4) is 17.2 Å². The van der Waals surface area contributed by atoms with Crippen molar-refractivity contribution in [1.82, 2.24) is 20.9 Å². The molecule has 1 saturated heterocycles. The number of ether oxygens (including phenoxy) is 3. The lowest BCUT2D eigenvalue weighted by atomic mass is 10.1. The number of amides is 3. The van der Waals surface area contributed by atoms with Crippen LogP contribution in [0.25, 0.3) is 0 Å². The highest BCUT2D eigenvalue weighted by atomic mass is 16.5. The zero-order chi connectivity index (χ0) is 29.6. The van der Waals surface area contributed by atoms with E-state index in [1.165, 1.54) is 12.8 Å². The Bertz CT molecular complexity index is 1290. The van der Waals surface area contributed by atoms with Crippen molar-refractivity contribution in [2.75, 3.05) is 32.8 Å². The fourth-order valence-electron chi connectivity index (χ4n) is 6.02. The summed E-state index contributed by atoms with van der Waals surface area (Å²) in [6, 6.07) is 12.5. The summed E-state index contributed by atoms with van der Waals surface area (Å²) in [6.07, 6.45) is 8.77. The molecule has 0 radical (unpaired) electrons. The number of likely N-dealkylation sites (tertiary alicyclic amines) is 1. The van der Waals surface area contributed by atoms with Crippen LogP contribution in [0.5, 0.6) is 17.2 Å². The molecule has 0 unspecified atom stereocenters. The quantitative estimate of drug-likeness (QED) is 0.443. The third-order valence-electron chi connectivity index (χ3n) is 8.64. The molecular weight excluding hydrogens is 548 g/mol. The Kier molecular flexibility index (Phi) is 9.31. The second kappa shape index (κ2) is 13.7. The smallest absolute Gasteiger partial charge is 0.258 e. The van der Waals surface area contributed by atoms with E-state index in [1.54, 1.807) is 18.2 Å². The lowest BCUT2D eigenvalue weighted by Gasteiger charge is -2.22. The van der Waals surface area contributed by atoms with Gasteiger partial charge in [0.15, 0.2) is 6.61 Å². The molecule has 10 heteroatoms. The molecule has 3 fully saturated rings. The Morgan fingerprint density at radius 3 is 2.51 bits per heavy atom. The first-order valence-corrected chi connectivity index (χ1v) is 15.7. The molecule has 2 aromatic rings. The number of nitrogens with zero attached hydrogens (tertiary/aromatic N) is 1. The zero-order valence-corrected chi connectivity index (χ0v) is 24.6. The minimum absolute atomic E-state index is 0.0146. The molecule has 3 amide bonds. The highest BCUT2D eigenvalue weighted by molar-refractivity contribution is 5.95. The van der Waals surface area contributed by atoms with Crippen LogP contribution in [-0.4, -0.2) is 73.7 Å². The second-order valence-corrected chi connectivity index (χ2v) is 12.3. The minimum atomic E-state index is -0.360. The van der Waals surface area contributed by atoms with E-state index in [9.17, 15) is 14.4 Å². The van der Waals surface area contributed by atoms with Gasteiger partial charge in [-0.3, -0.25) is 19.3 Å². The van der Waals surface area contributed by atoms with Crippen LogP contribution in [0.1, 0.15) is 67.3 Å². The fourth-order valence-corrected chi connectivity index (χ4v) is 6.02. The van der Waals surface area contributed by atoms with Crippen molar-refractivity contribution in [1.29, 1.82) is 0 Å². The summed E-state index contributed by atoms with van der Waals surface area (Å²) in [5.74, 6) is 1.57. The lowest BCUT2D eigenvalue weighted by molar-refractivity contribution is -0.123. The molecule has 5 aliphatic rings. The predicted molar refractivity (Wildman–Crippen MR) is 160 cm³/mol. The summed E-state index contributed by atoms with van der Waals surface area (Å²) in [5.41, 5.74) is 1.30. The molecule has 3 aliphatic heterocycles. The molecule has 0 aromatic heterocycles. The summed E-state index contributed by atoms with van der Waals surface area (Å²) in [7, 11) is 0. The summed E-state index contributed by atoms with van der Waals surface area (Å²) in [5, 5.41) is 9.25.